The van der Waals surface area contributed by atoms with E-state index in [0.29, 0.717) is 0 Å². The molecule has 0 saturated carbocycles. The van der Waals surface area contributed by atoms with Gasteiger partial charge in [0.15, 0.2) is 0 Å². The zero-order valence-electron chi connectivity index (χ0n) is 34.9. The molecular weight excluding hydrogens is 761 g/mol. The number of aromatic nitrogens is 1. The Kier molecular flexibility index (Phi) is 8.90. The van der Waals surface area contributed by atoms with Gasteiger partial charge in [0.05, 0.1) is 16.4 Å². The van der Waals surface area contributed by atoms with Crippen LogP contribution < -0.4 is 4.90 Å². The minimum Gasteiger partial charge on any atom is -0.311 e. The highest BCUT2D eigenvalue weighted by Gasteiger charge is 2.45. The monoisotopic (exact) mass is 804 g/mol. The van der Waals surface area contributed by atoms with Crippen LogP contribution in [0.2, 0.25) is 0 Å². The SMILES string of the molecule is C1=CC(c2cccc(-n3c4ccccc4c4ccccc43)c2)CC=C1N(c1ccc(C2(c3ccccc3)c3ccccc3-c3ccccc32)cc1)c1cccc(-c2ccccc2)c1. The quantitative estimate of drug-likeness (QED) is 0.149. The van der Waals surface area contributed by atoms with E-state index in [1.165, 1.54) is 77.6 Å². The van der Waals surface area contributed by atoms with Gasteiger partial charge >= 0.3 is 0 Å². The van der Waals surface area contributed by atoms with Gasteiger partial charge in [0, 0.05) is 39.4 Å². The summed E-state index contributed by atoms with van der Waals surface area (Å²) < 4.78 is 2.41. The Morgan fingerprint density at radius 2 is 1.02 bits per heavy atom. The van der Waals surface area contributed by atoms with E-state index in [0.717, 1.165) is 23.5 Å². The van der Waals surface area contributed by atoms with Crippen molar-refractivity contribution in [3.8, 4) is 27.9 Å². The van der Waals surface area contributed by atoms with Crippen molar-refractivity contribution < 1.29 is 0 Å². The van der Waals surface area contributed by atoms with Crippen LogP contribution in [0, 0.1) is 0 Å². The zero-order chi connectivity index (χ0) is 41.7. The fourth-order valence-electron chi connectivity index (χ4n) is 10.6. The average Bonchev–Trinajstić information content (AvgIpc) is 3.86. The maximum absolute atomic E-state index is 2.43. The van der Waals surface area contributed by atoms with Crippen molar-refractivity contribution >= 4 is 33.2 Å². The molecule has 0 saturated heterocycles. The molecule has 0 fully saturated rings. The highest BCUT2D eigenvalue weighted by atomic mass is 15.1. The van der Waals surface area contributed by atoms with Gasteiger partial charge in [-0.3, -0.25) is 0 Å². The van der Waals surface area contributed by atoms with Gasteiger partial charge in [-0.1, -0.05) is 194 Å². The topological polar surface area (TPSA) is 8.17 Å². The molecule has 63 heavy (non-hydrogen) atoms. The first kappa shape index (κ1) is 36.9. The molecule has 10 aromatic rings. The van der Waals surface area contributed by atoms with E-state index < -0.39 is 5.41 Å². The molecule has 2 heteroatoms. The lowest BCUT2D eigenvalue weighted by Gasteiger charge is -2.35. The molecule has 9 aromatic carbocycles. The van der Waals surface area contributed by atoms with Crippen LogP contribution in [0.3, 0.4) is 0 Å². The lowest BCUT2D eigenvalue weighted by molar-refractivity contribution is 0.768. The molecule has 0 aliphatic heterocycles. The van der Waals surface area contributed by atoms with Crippen molar-refractivity contribution in [2.45, 2.75) is 17.8 Å². The Labute approximate surface area is 369 Å². The summed E-state index contributed by atoms with van der Waals surface area (Å²) in [5.74, 6) is 0.245. The summed E-state index contributed by atoms with van der Waals surface area (Å²) in [5.41, 5.74) is 18.1. The zero-order valence-corrected chi connectivity index (χ0v) is 34.9. The summed E-state index contributed by atoms with van der Waals surface area (Å²) in [5, 5.41) is 2.56. The number of para-hydroxylation sites is 2. The number of allylic oxidation sites excluding steroid dienone is 3. The molecule has 0 amide bonds. The summed E-state index contributed by atoms with van der Waals surface area (Å²) in [4.78, 5) is 2.43. The molecule has 12 rings (SSSR count). The predicted octanol–water partition coefficient (Wildman–Crippen LogP) is 15.6. The van der Waals surface area contributed by atoms with Crippen LogP contribution in [-0.2, 0) is 5.41 Å². The van der Waals surface area contributed by atoms with Gasteiger partial charge in [-0.05, 0) is 111 Å². The van der Waals surface area contributed by atoms with Gasteiger partial charge in [0.2, 0.25) is 0 Å². The Morgan fingerprint density at radius 1 is 0.444 bits per heavy atom. The van der Waals surface area contributed by atoms with Crippen molar-refractivity contribution in [3.63, 3.8) is 0 Å². The number of anilines is 2. The normalized spacial score (nSPS) is 14.9. The van der Waals surface area contributed by atoms with Gasteiger partial charge in [-0.2, -0.15) is 0 Å². The number of benzene rings is 9. The number of fused-ring (bicyclic) bond motifs is 6. The summed E-state index contributed by atoms with van der Waals surface area (Å²) in [7, 11) is 0. The van der Waals surface area contributed by atoms with Crippen LogP contribution in [-0.4, -0.2) is 4.57 Å². The smallest absolute Gasteiger partial charge is 0.0713 e. The molecule has 2 aliphatic carbocycles. The highest BCUT2D eigenvalue weighted by Crippen LogP contribution is 2.56. The Balaban J connectivity index is 0.944. The third kappa shape index (κ3) is 6.02. The van der Waals surface area contributed by atoms with E-state index in [2.05, 4.69) is 258 Å². The number of hydrogen-bond acceptors (Lipinski definition) is 1. The lowest BCUT2D eigenvalue weighted by Crippen LogP contribution is -2.28. The molecule has 1 heterocycles. The molecule has 0 bridgehead atoms. The molecule has 2 aliphatic rings. The molecule has 0 radical (unpaired) electrons. The second-order valence-electron chi connectivity index (χ2n) is 16.8. The van der Waals surface area contributed by atoms with Crippen molar-refractivity contribution in [2.24, 2.45) is 0 Å². The van der Waals surface area contributed by atoms with Crippen LogP contribution >= 0.6 is 0 Å². The second kappa shape index (κ2) is 15.2. The fourth-order valence-corrected chi connectivity index (χ4v) is 10.6. The van der Waals surface area contributed by atoms with E-state index in [9.17, 15) is 0 Å². The number of nitrogens with zero attached hydrogens (tertiary/aromatic N) is 2. The predicted molar refractivity (Wildman–Crippen MR) is 263 cm³/mol. The minimum absolute atomic E-state index is 0.245. The first-order chi connectivity index (χ1) is 31.3. The van der Waals surface area contributed by atoms with Gasteiger partial charge in [0.1, 0.15) is 0 Å². The Bertz CT molecular complexity index is 3270. The van der Waals surface area contributed by atoms with Gasteiger partial charge in [-0.15, -0.1) is 0 Å². The third-order valence-corrected chi connectivity index (χ3v) is 13.4. The second-order valence-corrected chi connectivity index (χ2v) is 16.8. The Hall–Kier alpha value is -7.94. The highest BCUT2D eigenvalue weighted by molar-refractivity contribution is 6.09. The first-order valence-corrected chi connectivity index (χ1v) is 22.0. The number of hydrogen-bond donors (Lipinski definition) is 0. The molecule has 2 nitrogen and oxygen atoms in total. The molecular formula is C61H44N2. The van der Waals surface area contributed by atoms with Gasteiger partial charge < -0.3 is 9.47 Å². The Morgan fingerprint density at radius 3 is 1.68 bits per heavy atom. The van der Waals surface area contributed by atoms with Gasteiger partial charge in [0.25, 0.3) is 0 Å². The summed E-state index contributed by atoms with van der Waals surface area (Å²) >= 11 is 0. The van der Waals surface area contributed by atoms with Crippen molar-refractivity contribution in [1.29, 1.82) is 0 Å². The van der Waals surface area contributed by atoms with Crippen molar-refractivity contribution in [2.75, 3.05) is 4.90 Å². The van der Waals surface area contributed by atoms with E-state index in [-0.39, 0.29) is 5.92 Å². The lowest BCUT2D eigenvalue weighted by atomic mass is 9.68. The maximum Gasteiger partial charge on any atom is 0.0713 e. The number of rotatable bonds is 8. The molecule has 0 spiro atoms. The van der Waals surface area contributed by atoms with Crippen LogP contribution in [0.5, 0.6) is 0 Å². The standard InChI is InChI=1S/C61H44N2/c1-3-17-43(18-4-1)45-19-15-23-51(41-45)62(49-37-33-44(34-38-49)46-20-16-24-52(42-46)63-59-31-13-9-27-55(59)56-28-10-14-32-60(56)63)50-39-35-48(36-40-50)61(47-21-5-2-6-22-47)57-29-11-7-25-53(57)54-26-8-12-30-58(54)61/h1-33,35-42,44H,34H2. The first-order valence-electron chi connectivity index (χ1n) is 22.0. The molecule has 0 N–H and O–H groups in total. The van der Waals surface area contributed by atoms with Crippen LogP contribution in [0.15, 0.2) is 254 Å². The van der Waals surface area contributed by atoms with Gasteiger partial charge in [-0.25, -0.2) is 0 Å². The van der Waals surface area contributed by atoms with E-state index in [1.54, 1.807) is 0 Å². The largest absolute Gasteiger partial charge is 0.311 e. The van der Waals surface area contributed by atoms with Crippen molar-refractivity contribution in [3.05, 3.63) is 282 Å². The third-order valence-electron chi connectivity index (χ3n) is 13.4. The molecule has 298 valence electrons. The van der Waals surface area contributed by atoms with Crippen LogP contribution in [0.1, 0.15) is 40.2 Å². The van der Waals surface area contributed by atoms with E-state index in [4.69, 9.17) is 0 Å². The summed E-state index contributed by atoms with van der Waals surface area (Å²) in [6.45, 7) is 0. The molecule has 1 aromatic heterocycles. The summed E-state index contributed by atoms with van der Waals surface area (Å²) in [6, 6.07) is 84.6. The van der Waals surface area contributed by atoms with Crippen molar-refractivity contribution in [1.82, 2.24) is 4.57 Å². The van der Waals surface area contributed by atoms with Crippen LogP contribution in [0.4, 0.5) is 11.4 Å². The summed E-state index contributed by atoms with van der Waals surface area (Å²) in [6.07, 6.45) is 8.05. The van der Waals surface area contributed by atoms with Crippen LogP contribution in [0.25, 0.3) is 49.7 Å². The minimum atomic E-state index is -0.448. The maximum atomic E-state index is 2.43. The average molecular weight is 805 g/mol. The fraction of sp³-hybridized carbons (Fsp3) is 0.0492. The molecule has 1 unspecified atom stereocenters. The molecule has 1 atom stereocenters. The van der Waals surface area contributed by atoms with E-state index in [1.807, 2.05) is 0 Å². The van der Waals surface area contributed by atoms with E-state index >= 15 is 0 Å².